The molecule has 0 bridgehead atoms. The van der Waals surface area contributed by atoms with E-state index in [-0.39, 0.29) is 18.1 Å². The number of piperidine rings is 1. The molecular weight excluding hydrogens is 500 g/mol. The lowest BCUT2D eigenvalue weighted by atomic mass is 10.0. The van der Waals surface area contributed by atoms with E-state index in [0.29, 0.717) is 16.3 Å². The molecule has 0 saturated carbocycles. The quantitative estimate of drug-likeness (QED) is 0.256. The van der Waals surface area contributed by atoms with Crippen molar-refractivity contribution in [2.75, 3.05) is 13.1 Å². The van der Waals surface area contributed by atoms with Gasteiger partial charge in [0.05, 0.1) is 11.1 Å². The van der Waals surface area contributed by atoms with Crippen LogP contribution in [0.1, 0.15) is 66.2 Å². The van der Waals surface area contributed by atoms with E-state index in [1.165, 1.54) is 10.4 Å². The van der Waals surface area contributed by atoms with Gasteiger partial charge in [-0.2, -0.15) is 0 Å². The van der Waals surface area contributed by atoms with Gasteiger partial charge in [0.15, 0.2) is 0 Å². The molecule has 196 valence electrons. The first-order valence-electron chi connectivity index (χ1n) is 13.3. The number of thiophene rings is 1. The highest BCUT2D eigenvalue weighted by Crippen LogP contribution is 2.28. The van der Waals surface area contributed by atoms with Crippen molar-refractivity contribution < 1.29 is 9.53 Å². The van der Waals surface area contributed by atoms with E-state index in [2.05, 4.69) is 71.1 Å². The monoisotopic (exact) mass is 536 g/mol. The Bertz CT molecular complexity index is 1130. The van der Waals surface area contributed by atoms with Gasteiger partial charge in [0.2, 0.25) is 0 Å². The standard InChI is InChI=1S/C31H37ClN2O2S/c1-2-9-27(12-6-7-13-28-14-8-21-37-28)36-30-16-15-25(22-29(30)32)31(35)33-26-17-19-34(20-18-26)23-24-10-4-3-5-11-24/h3-5,7-8,10-11,13-16,21-22,26-27H,2,6,9,12,17-20,23H2,1H3,(H,33,35)/b13-7-. The van der Waals surface area contributed by atoms with Crippen LogP contribution in [0.15, 0.2) is 72.1 Å². The third-order valence-electron chi connectivity index (χ3n) is 6.75. The highest BCUT2D eigenvalue weighted by molar-refractivity contribution is 7.10. The maximum Gasteiger partial charge on any atom is 0.251 e. The fraction of sp³-hybridized carbons (Fsp3) is 0.387. The van der Waals surface area contributed by atoms with Gasteiger partial charge in [-0.15, -0.1) is 11.3 Å². The molecule has 37 heavy (non-hydrogen) atoms. The van der Waals surface area contributed by atoms with Gasteiger partial charge in [0, 0.05) is 36.1 Å². The Morgan fingerprint density at radius 3 is 2.65 bits per heavy atom. The number of nitrogens with zero attached hydrogens (tertiary/aromatic N) is 1. The predicted octanol–water partition coefficient (Wildman–Crippen LogP) is 7.84. The molecule has 2 aromatic carbocycles. The predicted molar refractivity (Wildman–Crippen MR) is 156 cm³/mol. The van der Waals surface area contributed by atoms with Crippen molar-refractivity contribution in [1.29, 1.82) is 0 Å². The van der Waals surface area contributed by atoms with Crippen molar-refractivity contribution in [2.24, 2.45) is 0 Å². The van der Waals surface area contributed by atoms with Crippen LogP contribution in [0.5, 0.6) is 5.75 Å². The lowest BCUT2D eigenvalue weighted by Crippen LogP contribution is -2.44. The van der Waals surface area contributed by atoms with Crippen LogP contribution in [0, 0.1) is 0 Å². The van der Waals surface area contributed by atoms with E-state index in [9.17, 15) is 4.79 Å². The van der Waals surface area contributed by atoms with Crippen molar-refractivity contribution >= 4 is 34.9 Å². The van der Waals surface area contributed by atoms with Crippen LogP contribution < -0.4 is 10.1 Å². The van der Waals surface area contributed by atoms with Crippen LogP contribution >= 0.6 is 22.9 Å². The third-order valence-corrected chi connectivity index (χ3v) is 7.88. The zero-order valence-corrected chi connectivity index (χ0v) is 23.1. The number of benzene rings is 2. The zero-order valence-electron chi connectivity index (χ0n) is 21.6. The van der Waals surface area contributed by atoms with Gasteiger partial charge in [0.1, 0.15) is 5.75 Å². The van der Waals surface area contributed by atoms with Crippen LogP contribution in [0.2, 0.25) is 5.02 Å². The molecule has 1 aliphatic heterocycles. The minimum Gasteiger partial charge on any atom is -0.489 e. The molecule has 1 N–H and O–H groups in total. The number of nitrogens with one attached hydrogen (secondary N) is 1. The second kappa shape index (κ2) is 14.4. The maximum absolute atomic E-state index is 12.9. The third kappa shape index (κ3) is 8.74. The number of carbonyl (C=O) groups excluding carboxylic acids is 1. The normalized spacial score (nSPS) is 15.6. The van der Waals surface area contributed by atoms with Crippen molar-refractivity contribution in [2.45, 2.75) is 64.1 Å². The van der Waals surface area contributed by atoms with E-state index in [1.807, 2.05) is 18.2 Å². The molecule has 1 atom stereocenters. The van der Waals surface area contributed by atoms with E-state index in [0.717, 1.165) is 58.2 Å². The van der Waals surface area contributed by atoms with Crippen molar-refractivity contribution in [3.63, 3.8) is 0 Å². The number of rotatable bonds is 12. The Labute approximate surface area is 230 Å². The van der Waals surface area contributed by atoms with Crippen molar-refractivity contribution in [3.8, 4) is 5.75 Å². The molecule has 1 aromatic heterocycles. The van der Waals surface area contributed by atoms with E-state index < -0.39 is 0 Å². The summed E-state index contributed by atoms with van der Waals surface area (Å²) >= 11 is 8.30. The second-order valence-electron chi connectivity index (χ2n) is 9.68. The summed E-state index contributed by atoms with van der Waals surface area (Å²) in [7, 11) is 0. The summed E-state index contributed by atoms with van der Waals surface area (Å²) < 4.78 is 6.27. The van der Waals surface area contributed by atoms with Crippen LogP contribution in [0.25, 0.3) is 6.08 Å². The maximum atomic E-state index is 12.9. The van der Waals surface area contributed by atoms with E-state index >= 15 is 0 Å². The average molecular weight is 537 g/mol. The molecule has 1 fully saturated rings. The Balaban J connectivity index is 1.25. The topological polar surface area (TPSA) is 41.6 Å². The Hall–Kier alpha value is -2.60. The lowest BCUT2D eigenvalue weighted by molar-refractivity contribution is 0.0909. The highest BCUT2D eigenvalue weighted by Gasteiger charge is 2.22. The van der Waals surface area contributed by atoms with Gasteiger partial charge in [-0.05, 0) is 73.4 Å². The molecule has 1 amide bonds. The van der Waals surface area contributed by atoms with Gasteiger partial charge in [-0.25, -0.2) is 0 Å². The summed E-state index contributed by atoms with van der Waals surface area (Å²) in [6, 6.07) is 20.3. The Morgan fingerprint density at radius 1 is 1.14 bits per heavy atom. The number of amides is 1. The number of allylic oxidation sites excluding steroid dienone is 1. The number of likely N-dealkylation sites (tertiary alicyclic amines) is 1. The van der Waals surface area contributed by atoms with E-state index in [1.54, 1.807) is 17.4 Å². The van der Waals surface area contributed by atoms with Crippen LogP contribution in [-0.2, 0) is 6.54 Å². The summed E-state index contributed by atoms with van der Waals surface area (Å²) in [5.41, 5.74) is 1.91. The Morgan fingerprint density at radius 2 is 1.95 bits per heavy atom. The number of hydrogen-bond acceptors (Lipinski definition) is 4. The highest BCUT2D eigenvalue weighted by atomic mass is 35.5. The molecule has 3 aromatic rings. The van der Waals surface area contributed by atoms with Crippen molar-refractivity contribution in [3.05, 3.63) is 93.1 Å². The molecule has 6 heteroatoms. The van der Waals surface area contributed by atoms with Crippen molar-refractivity contribution in [1.82, 2.24) is 10.2 Å². The second-order valence-corrected chi connectivity index (χ2v) is 11.1. The van der Waals surface area contributed by atoms with Gasteiger partial charge >= 0.3 is 0 Å². The van der Waals surface area contributed by atoms with Gasteiger partial charge in [0.25, 0.3) is 5.91 Å². The van der Waals surface area contributed by atoms with E-state index in [4.69, 9.17) is 16.3 Å². The van der Waals surface area contributed by atoms with Gasteiger partial charge < -0.3 is 10.1 Å². The molecular formula is C31H37ClN2O2S. The first-order chi connectivity index (χ1) is 18.1. The molecule has 1 unspecified atom stereocenters. The van der Waals surface area contributed by atoms with Crippen LogP contribution in [0.3, 0.4) is 0 Å². The smallest absolute Gasteiger partial charge is 0.251 e. The Kier molecular flexibility index (Phi) is 10.7. The molecule has 0 radical (unpaired) electrons. The summed E-state index contributed by atoms with van der Waals surface area (Å²) in [5.74, 6) is 0.576. The first-order valence-corrected chi connectivity index (χ1v) is 14.6. The fourth-order valence-corrected chi connectivity index (χ4v) is 5.59. The summed E-state index contributed by atoms with van der Waals surface area (Å²) in [6.07, 6.45) is 10.3. The molecule has 4 nitrogen and oxygen atoms in total. The lowest BCUT2D eigenvalue weighted by Gasteiger charge is -2.32. The summed E-state index contributed by atoms with van der Waals surface area (Å²) in [5, 5.41) is 5.78. The molecule has 1 aliphatic rings. The fourth-order valence-electron chi connectivity index (χ4n) is 4.71. The van der Waals surface area contributed by atoms with Gasteiger partial charge in [-0.3, -0.25) is 9.69 Å². The number of hydrogen-bond donors (Lipinski definition) is 1. The number of carbonyl (C=O) groups is 1. The number of halogens is 1. The average Bonchev–Trinajstić information content (AvgIpc) is 3.43. The molecule has 1 saturated heterocycles. The number of ether oxygens (including phenoxy) is 1. The minimum absolute atomic E-state index is 0.0706. The zero-order chi connectivity index (χ0) is 25.9. The molecule has 2 heterocycles. The summed E-state index contributed by atoms with van der Waals surface area (Å²) in [6.45, 7) is 5.09. The molecule has 0 aliphatic carbocycles. The molecule has 0 spiro atoms. The minimum atomic E-state index is -0.0706. The van der Waals surface area contributed by atoms with Gasteiger partial charge in [-0.1, -0.05) is 67.4 Å². The van der Waals surface area contributed by atoms with Crippen LogP contribution in [-0.4, -0.2) is 36.0 Å². The van der Waals surface area contributed by atoms with Crippen LogP contribution in [0.4, 0.5) is 0 Å². The first kappa shape index (κ1) is 27.4. The SMILES string of the molecule is CCCC(CC/C=C\c1cccs1)Oc1ccc(C(=O)NC2CCN(Cc3ccccc3)CC2)cc1Cl. The summed E-state index contributed by atoms with van der Waals surface area (Å²) in [4.78, 5) is 16.6. The molecule has 4 rings (SSSR count). The largest absolute Gasteiger partial charge is 0.489 e.